The van der Waals surface area contributed by atoms with E-state index in [9.17, 15) is 8.78 Å². The molecule has 0 aromatic heterocycles. The molecule has 23 heavy (non-hydrogen) atoms. The van der Waals surface area contributed by atoms with Gasteiger partial charge in [-0.3, -0.25) is 0 Å². The van der Waals surface area contributed by atoms with E-state index >= 15 is 0 Å². The quantitative estimate of drug-likeness (QED) is 0.757. The van der Waals surface area contributed by atoms with Crippen LogP contribution in [0.25, 0.3) is 0 Å². The van der Waals surface area contributed by atoms with E-state index < -0.39 is 6.61 Å². The van der Waals surface area contributed by atoms with Crippen LogP contribution < -0.4 is 4.74 Å². The van der Waals surface area contributed by atoms with Gasteiger partial charge in [0.15, 0.2) is 0 Å². The zero-order valence-corrected chi connectivity index (χ0v) is 14.3. The van der Waals surface area contributed by atoms with Crippen molar-refractivity contribution < 1.29 is 13.5 Å². The van der Waals surface area contributed by atoms with Gasteiger partial charge in [0.2, 0.25) is 0 Å². The molecule has 0 amide bonds. The highest BCUT2D eigenvalue weighted by Crippen LogP contribution is 2.21. The van der Waals surface area contributed by atoms with Crippen LogP contribution in [0.15, 0.2) is 24.3 Å². The lowest BCUT2D eigenvalue weighted by molar-refractivity contribution is -0.0499. The molecule has 0 spiro atoms. The second-order valence-corrected chi connectivity index (χ2v) is 6.82. The summed E-state index contributed by atoms with van der Waals surface area (Å²) in [4.78, 5) is 4.81. The molecule has 0 aliphatic carbocycles. The zero-order valence-electron chi connectivity index (χ0n) is 14.3. The predicted molar refractivity (Wildman–Crippen MR) is 88.8 cm³/mol. The molecule has 5 heteroatoms. The van der Waals surface area contributed by atoms with E-state index in [2.05, 4.69) is 35.4 Å². The lowest BCUT2D eigenvalue weighted by Crippen LogP contribution is -2.43. The largest absolute Gasteiger partial charge is 0.435 e. The number of alkyl halides is 2. The monoisotopic (exact) mass is 326 g/mol. The summed E-state index contributed by atoms with van der Waals surface area (Å²) in [6.07, 6.45) is 2.52. The third-order valence-electron chi connectivity index (χ3n) is 4.43. The first-order valence-corrected chi connectivity index (χ1v) is 8.40. The molecular formula is C18H28F2N2O. The SMILES string of the molecule is CC(C)N1CCC[C@H](CN(C)Cc2cccc(OC(F)F)c2)C1. The van der Waals surface area contributed by atoms with Crippen LogP contribution in [0.2, 0.25) is 0 Å². The molecule has 1 heterocycles. The first-order valence-electron chi connectivity index (χ1n) is 8.40. The van der Waals surface area contributed by atoms with Crippen LogP contribution in [-0.2, 0) is 6.54 Å². The molecule has 0 radical (unpaired) electrons. The molecule has 0 N–H and O–H groups in total. The first kappa shape index (κ1) is 18.1. The number of piperidine rings is 1. The van der Waals surface area contributed by atoms with E-state index in [1.165, 1.54) is 19.4 Å². The minimum absolute atomic E-state index is 0.231. The van der Waals surface area contributed by atoms with Crippen molar-refractivity contribution in [3.63, 3.8) is 0 Å². The number of halogens is 2. The summed E-state index contributed by atoms with van der Waals surface area (Å²) in [5, 5.41) is 0. The standard InChI is InChI=1S/C18H28F2N2O/c1-14(2)22-9-5-7-16(13-22)12-21(3)11-15-6-4-8-17(10-15)23-18(19)20/h4,6,8,10,14,16,18H,5,7,9,11-13H2,1-3H3/t16-/m1/s1. The van der Waals surface area contributed by atoms with E-state index in [0.29, 0.717) is 12.0 Å². The average Bonchev–Trinajstić information content (AvgIpc) is 2.47. The number of likely N-dealkylation sites (tertiary alicyclic amines) is 1. The Balaban J connectivity index is 1.85. The molecule has 130 valence electrons. The van der Waals surface area contributed by atoms with Crippen LogP contribution in [0.5, 0.6) is 5.75 Å². The maximum Gasteiger partial charge on any atom is 0.387 e. The van der Waals surface area contributed by atoms with E-state index in [1.807, 2.05) is 6.07 Å². The normalized spacial score (nSPS) is 19.7. The van der Waals surface area contributed by atoms with Crippen LogP contribution in [0, 0.1) is 5.92 Å². The highest BCUT2D eigenvalue weighted by Gasteiger charge is 2.22. The van der Waals surface area contributed by atoms with Gasteiger partial charge in [-0.25, -0.2) is 0 Å². The highest BCUT2D eigenvalue weighted by atomic mass is 19.3. The van der Waals surface area contributed by atoms with Gasteiger partial charge in [-0.15, -0.1) is 0 Å². The Labute approximate surface area is 138 Å². The summed E-state index contributed by atoms with van der Waals surface area (Å²) in [6.45, 7) is 5.86. The molecule has 1 atom stereocenters. The van der Waals surface area contributed by atoms with Crippen LogP contribution in [0.4, 0.5) is 8.78 Å². The van der Waals surface area contributed by atoms with E-state index in [-0.39, 0.29) is 5.75 Å². The van der Waals surface area contributed by atoms with Crippen molar-refractivity contribution in [3.8, 4) is 5.75 Å². The summed E-state index contributed by atoms with van der Waals surface area (Å²) in [5.74, 6) is 0.909. The van der Waals surface area contributed by atoms with Crippen molar-refractivity contribution in [3.05, 3.63) is 29.8 Å². The Morgan fingerprint density at radius 1 is 1.35 bits per heavy atom. The second-order valence-electron chi connectivity index (χ2n) is 6.82. The summed E-state index contributed by atoms with van der Waals surface area (Å²) in [5.41, 5.74) is 1.00. The van der Waals surface area contributed by atoms with Gasteiger partial charge in [0.25, 0.3) is 0 Å². The van der Waals surface area contributed by atoms with Gasteiger partial charge < -0.3 is 14.5 Å². The van der Waals surface area contributed by atoms with Gasteiger partial charge in [0.1, 0.15) is 5.75 Å². The van der Waals surface area contributed by atoms with Crippen molar-refractivity contribution in [2.45, 2.75) is 45.9 Å². The Hall–Kier alpha value is -1.20. The summed E-state index contributed by atoms with van der Waals surface area (Å²) in [6, 6.07) is 7.59. The molecule has 0 bridgehead atoms. The van der Waals surface area contributed by atoms with Gasteiger partial charge >= 0.3 is 6.61 Å². The van der Waals surface area contributed by atoms with Gasteiger partial charge in [-0.2, -0.15) is 8.78 Å². The van der Waals surface area contributed by atoms with Crippen LogP contribution in [0.1, 0.15) is 32.3 Å². The summed E-state index contributed by atoms with van der Waals surface area (Å²) in [7, 11) is 2.09. The van der Waals surface area contributed by atoms with E-state index in [4.69, 9.17) is 0 Å². The predicted octanol–water partition coefficient (Wildman–Crippen LogP) is 3.84. The second kappa shape index (κ2) is 8.60. The lowest BCUT2D eigenvalue weighted by Gasteiger charge is -2.37. The zero-order chi connectivity index (χ0) is 16.8. The van der Waals surface area contributed by atoms with Gasteiger partial charge in [0, 0.05) is 25.7 Å². The minimum atomic E-state index is -2.77. The maximum absolute atomic E-state index is 12.3. The van der Waals surface area contributed by atoms with Crippen molar-refractivity contribution >= 4 is 0 Å². The Bertz CT molecular complexity index is 482. The molecule has 1 saturated heterocycles. The molecule has 1 aliphatic rings. The molecule has 1 aromatic carbocycles. The molecular weight excluding hydrogens is 298 g/mol. The fourth-order valence-electron chi connectivity index (χ4n) is 3.35. The van der Waals surface area contributed by atoms with Crippen LogP contribution in [0.3, 0.4) is 0 Å². The number of hydrogen-bond acceptors (Lipinski definition) is 3. The number of hydrogen-bond donors (Lipinski definition) is 0. The molecule has 3 nitrogen and oxygen atoms in total. The van der Waals surface area contributed by atoms with Crippen molar-refractivity contribution in [2.24, 2.45) is 5.92 Å². The summed E-state index contributed by atoms with van der Waals surface area (Å²) >= 11 is 0. The first-order chi connectivity index (χ1) is 10.9. The highest BCUT2D eigenvalue weighted by molar-refractivity contribution is 5.28. The number of ether oxygens (including phenoxy) is 1. The van der Waals surface area contributed by atoms with Gasteiger partial charge in [-0.1, -0.05) is 12.1 Å². The average molecular weight is 326 g/mol. The fraction of sp³-hybridized carbons (Fsp3) is 0.667. The smallest absolute Gasteiger partial charge is 0.387 e. The van der Waals surface area contributed by atoms with Crippen molar-refractivity contribution in [2.75, 3.05) is 26.7 Å². The van der Waals surface area contributed by atoms with Gasteiger partial charge in [-0.05, 0) is 63.9 Å². The van der Waals surface area contributed by atoms with Gasteiger partial charge in [0.05, 0.1) is 0 Å². The molecule has 1 aliphatic heterocycles. The van der Waals surface area contributed by atoms with E-state index in [1.54, 1.807) is 18.2 Å². The molecule has 2 rings (SSSR count). The van der Waals surface area contributed by atoms with Crippen LogP contribution in [-0.4, -0.2) is 49.1 Å². The molecule has 0 saturated carbocycles. The van der Waals surface area contributed by atoms with Crippen LogP contribution >= 0.6 is 0 Å². The lowest BCUT2D eigenvalue weighted by atomic mass is 9.96. The molecule has 1 aromatic rings. The Morgan fingerprint density at radius 3 is 2.83 bits per heavy atom. The van der Waals surface area contributed by atoms with Crippen molar-refractivity contribution in [1.29, 1.82) is 0 Å². The van der Waals surface area contributed by atoms with Crippen molar-refractivity contribution in [1.82, 2.24) is 9.80 Å². The molecule has 0 unspecified atom stereocenters. The maximum atomic E-state index is 12.3. The number of benzene rings is 1. The third-order valence-corrected chi connectivity index (χ3v) is 4.43. The Morgan fingerprint density at radius 2 is 2.13 bits per heavy atom. The topological polar surface area (TPSA) is 15.7 Å². The summed E-state index contributed by atoms with van der Waals surface area (Å²) < 4.78 is 29.0. The van der Waals surface area contributed by atoms with E-state index in [0.717, 1.165) is 25.2 Å². The fourth-order valence-corrected chi connectivity index (χ4v) is 3.35. The number of nitrogens with zero attached hydrogens (tertiary/aromatic N) is 2. The minimum Gasteiger partial charge on any atom is -0.435 e. The third kappa shape index (κ3) is 6.07. The Kier molecular flexibility index (Phi) is 6.78. The molecule has 1 fully saturated rings. The number of rotatable bonds is 7.